The van der Waals surface area contributed by atoms with Crippen LogP contribution in [-0.2, 0) is 4.79 Å². The van der Waals surface area contributed by atoms with E-state index in [0.717, 1.165) is 21.8 Å². The first-order chi connectivity index (χ1) is 9.19. The van der Waals surface area contributed by atoms with Gasteiger partial charge in [0, 0.05) is 18.0 Å². The van der Waals surface area contributed by atoms with E-state index in [9.17, 15) is 4.79 Å². The van der Waals surface area contributed by atoms with Crippen molar-refractivity contribution in [3.8, 4) is 0 Å². The third kappa shape index (κ3) is 1.87. The summed E-state index contributed by atoms with van der Waals surface area (Å²) >= 11 is 0. The van der Waals surface area contributed by atoms with Gasteiger partial charge in [0.1, 0.15) is 5.82 Å². The second kappa shape index (κ2) is 4.24. The van der Waals surface area contributed by atoms with E-state index in [1.807, 2.05) is 18.2 Å². The number of benzene rings is 1. The molecule has 6 nitrogen and oxygen atoms in total. The zero-order valence-electron chi connectivity index (χ0n) is 10.4. The quantitative estimate of drug-likeness (QED) is 0.652. The molecule has 0 fully saturated rings. The second-order valence-electron chi connectivity index (χ2n) is 4.24. The molecule has 2 heterocycles. The van der Waals surface area contributed by atoms with Gasteiger partial charge < -0.3 is 16.0 Å². The molecule has 3 aromatic rings. The number of H-pyrrole nitrogens is 1. The highest BCUT2D eigenvalue weighted by molar-refractivity contribution is 6.13. The number of nitrogens with zero attached hydrogens (tertiary/aromatic N) is 2. The van der Waals surface area contributed by atoms with Crippen molar-refractivity contribution in [1.82, 2.24) is 15.0 Å². The van der Waals surface area contributed by atoms with E-state index in [1.54, 1.807) is 13.1 Å². The molecule has 19 heavy (non-hydrogen) atoms. The first-order valence-corrected chi connectivity index (χ1v) is 6.02. The fraction of sp³-hybridized carbons (Fsp3) is 0.154. The molecular formula is C13H13N5O. The standard InChI is InChI=1S/C13H13N5O/c1-2-10(19)17-12-11-7-5-6-15-8(7)3-4-9(11)16-13(14)18-12/h3-6H,2H2,1H3,(H,17,19)(H3,14,16,18). The number of anilines is 2. The largest absolute Gasteiger partial charge is 0.369 e. The minimum atomic E-state index is -0.101. The van der Waals surface area contributed by atoms with Crippen LogP contribution in [0.15, 0.2) is 24.4 Å². The third-order valence-corrected chi connectivity index (χ3v) is 2.99. The Kier molecular flexibility index (Phi) is 2.56. The zero-order valence-corrected chi connectivity index (χ0v) is 10.4. The average Bonchev–Trinajstić information content (AvgIpc) is 2.86. The molecule has 0 unspecified atom stereocenters. The number of nitrogen functional groups attached to an aromatic ring is 1. The number of nitrogens with two attached hydrogens (primary N) is 1. The molecule has 4 N–H and O–H groups in total. The molecular weight excluding hydrogens is 242 g/mol. The SMILES string of the molecule is CCC(=O)Nc1nc(N)[nH]c2ccc3nccc3c12. The Morgan fingerprint density at radius 2 is 2.26 bits per heavy atom. The average molecular weight is 255 g/mol. The first kappa shape index (κ1) is 11.5. The molecule has 96 valence electrons. The number of fused-ring (bicyclic) bond motifs is 3. The number of hydrogen-bond donors (Lipinski definition) is 3. The molecule has 0 atom stereocenters. The molecule has 6 heteroatoms. The Morgan fingerprint density at radius 3 is 3.05 bits per heavy atom. The summed E-state index contributed by atoms with van der Waals surface area (Å²) in [5.41, 5.74) is 7.41. The van der Waals surface area contributed by atoms with Gasteiger partial charge in [-0.2, -0.15) is 4.98 Å². The highest BCUT2D eigenvalue weighted by Crippen LogP contribution is 2.29. The van der Waals surface area contributed by atoms with Crippen LogP contribution in [-0.4, -0.2) is 20.9 Å². The number of carbonyl (C=O) groups excluding carboxylic acids is 1. The fourth-order valence-electron chi connectivity index (χ4n) is 2.09. The Bertz CT molecular complexity index is 777. The summed E-state index contributed by atoms with van der Waals surface area (Å²) in [4.78, 5) is 23.0. The van der Waals surface area contributed by atoms with Gasteiger partial charge in [0.25, 0.3) is 0 Å². The molecule has 0 bridgehead atoms. The minimum Gasteiger partial charge on any atom is -0.369 e. The van der Waals surface area contributed by atoms with E-state index >= 15 is 0 Å². The smallest absolute Gasteiger partial charge is 0.225 e. The number of amides is 1. The van der Waals surface area contributed by atoms with Crippen LogP contribution in [0, 0.1) is 0 Å². The van der Waals surface area contributed by atoms with Crippen molar-refractivity contribution < 1.29 is 4.79 Å². The number of nitrogens with one attached hydrogen (secondary N) is 2. The molecule has 2 aromatic heterocycles. The normalized spacial score (nSPS) is 11.0. The number of aromatic nitrogens is 3. The lowest BCUT2D eigenvalue weighted by Gasteiger charge is -2.09. The van der Waals surface area contributed by atoms with E-state index in [0.29, 0.717) is 12.2 Å². The van der Waals surface area contributed by atoms with Crippen molar-refractivity contribution >= 4 is 39.5 Å². The zero-order chi connectivity index (χ0) is 13.4. The Labute approximate surface area is 109 Å². The van der Waals surface area contributed by atoms with Gasteiger partial charge in [0.05, 0.1) is 16.4 Å². The lowest BCUT2D eigenvalue weighted by molar-refractivity contribution is -0.115. The number of aromatic amines is 1. The summed E-state index contributed by atoms with van der Waals surface area (Å²) in [6.45, 7) is 1.79. The predicted molar refractivity (Wildman–Crippen MR) is 74.7 cm³/mol. The lowest BCUT2D eigenvalue weighted by Crippen LogP contribution is -2.12. The predicted octanol–water partition coefficient (Wildman–Crippen LogP) is 2.04. The molecule has 0 aliphatic heterocycles. The van der Waals surface area contributed by atoms with Crippen molar-refractivity contribution in [2.75, 3.05) is 11.1 Å². The van der Waals surface area contributed by atoms with Gasteiger partial charge in [-0.3, -0.25) is 9.78 Å². The van der Waals surface area contributed by atoms with Gasteiger partial charge in [-0.1, -0.05) is 6.92 Å². The van der Waals surface area contributed by atoms with Crippen molar-refractivity contribution in [2.45, 2.75) is 13.3 Å². The Balaban J connectivity index is 2.33. The summed E-state index contributed by atoms with van der Waals surface area (Å²) in [6, 6.07) is 5.67. The summed E-state index contributed by atoms with van der Waals surface area (Å²) in [5.74, 6) is 0.630. The van der Waals surface area contributed by atoms with E-state index in [1.165, 1.54) is 0 Å². The van der Waals surface area contributed by atoms with Crippen molar-refractivity contribution in [2.24, 2.45) is 0 Å². The van der Waals surface area contributed by atoms with Crippen molar-refractivity contribution in [3.63, 3.8) is 0 Å². The van der Waals surface area contributed by atoms with Gasteiger partial charge in [-0.15, -0.1) is 0 Å². The van der Waals surface area contributed by atoms with Gasteiger partial charge in [-0.25, -0.2) is 0 Å². The van der Waals surface area contributed by atoms with E-state index in [-0.39, 0.29) is 11.9 Å². The lowest BCUT2D eigenvalue weighted by atomic mass is 10.1. The molecule has 0 aliphatic rings. The topological polar surface area (TPSA) is 96.7 Å². The highest BCUT2D eigenvalue weighted by atomic mass is 16.1. The van der Waals surface area contributed by atoms with Gasteiger partial charge in [0.15, 0.2) is 5.95 Å². The van der Waals surface area contributed by atoms with Crippen LogP contribution in [0.5, 0.6) is 0 Å². The van der Waals surface area contributed by atoms with E-state index in [4.69, 9.17) is 5.73 Å². The molecule has 0 radical (unpaired) electrons. The molecule has 0 saturated carbocycles. The second-order valence-corrected chi connectivity index (χ2v) is 4.24. The maximum atomic E-state index is 11.6. The molecule has 1 aromatic carbocycles. The third-order valence-electron chi connectivity index (χ3n) is 2.99. The van der Waals surface area contributed by atoms with Crippen LogP contribution in [0.3, 0.4) is 0 Å². The maximum absolute atomic E-state index is 11.6. The van der Waals surface area contributed by atoms with Gasteiger partial charge in [-0.05, 0) is 18.2 Å². The van der Waals surface area contributed by atoms with Crippen LogP contribution >= 0.6 is 0 Å². The van der Waals surface area contributed by atoms with Crippen molar-refractivity contribution in [3.05, 3.63) is 24.4 Å². The van der Waals surface area contributed by atoms with Crippen LogP contribution in [0.2, 0.25) is 0 Å². The number of carbonyl (C=O) groups is 1. The Morgan fingerprint density at radius 1 is 1.42 bits per heavy atom. The van der Waals surface area contributed by atoms with E-state index < -0.39 is 0 Å². The maximum Gasteiger partial charge on any atom is 0.225 e. The van der Waals surface area contributed by atoms with Crippen LogP contribution < -0.4 is 11.1 Å². The van der Waals surface area contributed by atoms with Crippen molar-refractivity contribution in [1.29, 1.82) is 0 Å². The summed E-state index contributed by atoms with van der Waals surface area (Å²) in [5, 5.41) is 4.54. The minimum absolute atomic E-state index is 0.101. The molecule has 0 aliphatic carbocycles. The Hall–Kier alpha value is -2.63. The van der Waals surface area contributed by atoms with Gasteiger partial charge >= 0.3 is 0 Å². The number of hydrogen-bond acceptors (Lipinski definition) is 4. The summed E-state index contributed by atoms with van der Waals surface area (Å²) in [7, 11) is 0. The molecule has 0 spiro atoms. The van der Waals surface area contributed by atoms with E-state index in [2.05, 4.69) is 20.3 Å². The molecule has 1 amide bonds. The number of rotatable bonds is 2. The molecule has 3 rings (SSSR count). The van der Waals surface area contributed by atoms with Gasteiger partial charge in [0.2, 0.25) is 5.91 Å². The first-order valence-electron chi connectivity index (χ1n) is 6.02. The van der Waals surface area contributed by atoms with Crippen LogP contribution in [0.25, 0.3) is 21.8 Å². The molecule has 0 saturated heterocycles. The monoisotopic (exact) mass is 255 g/mol. The van der Waals surface area contributed by atoms with Crippen LogP contribution in [0.4, 0.5) is 11.8 Å². The fourth-order valence-corrected chi connectivity index (χ4v) is 2.09. The van der Waals surface area contributed by atoms with Crippen LogP contribution in [0.1, 0.15) is 13.3 Å². The summed E-state index contributed by atoms with van der Waals surface area (Å²) < 4.78 is 0. The highest BCUT2D eigenvalue weighted by Gasteiger charge is 2.11. The summed E-state index contributed by atoms with van der Waals surface area (Å²) in [6.07, 6.45) is 2.11.